The van der Waals surface area contributed by atoms with E-state index in [4.69, 9.17) is 0 Å². The summed E-state index contributed by atoms with van der Waals surface area (Å²) in [4.78, 5) is 0. The lowest BCUT2D eigenvalue weighted by molar-refractivity contribution is 0.365. The second-order valence-electron chi connectivity index (χ2n) is 2.77. The van der Waals surface area contributed by atoms with Gasteiger partial charge in [-0.25, -0.2) is 0 Å². The Kier molecular flexibility index (Phi) is 2.55. The predicted octanol–water partition coefficient (Wildman–Crippen LogP) is 3.30. The van der Waals surface area contributed by atoms with Crippen molar-refractivity contribution in [1.29, 1.82) is 0 Å². The molecule has 1 unspecified atom stereocenters. The van der Waals surface area contributed by atoms with Crippen LogP contribution in [0.5, 0.6) is 0 Å². The highest BCUT2D eigenvalue weighted by atomic mass is 79.9. The van der Waals surface area contributed by atoms with Gasteiger partial charge in [0.1, 0.15) is 5.76 Å². The Bertz CT molecular complexity index is 248. The minimum Gasteiger partial charge on any atom is -0.511 e. The van der Waals surface area contributed by atoms with E-state index >= 15 is 0 Å². The van der Waals surface area contributed by atoms with Gasteiger partial charge in [0.05, 0.1) is 4.48 Å². The maximum atomic E-state index is 9.48. The van der Waals surface area contributed by atoms with E-state index in [1.807, 2.05) is 32.1 Å². The molecule has 1 atom stereocenters. The van der Waals surface area contributed by atoms with Gasteiger partial charge in [-0.2, -0.15) is 0 Å². The van der Waals surface area contributed by atoms with Gasteiger partial charge in [0.25, 0.3) is 0 Å². The van der Waals surface area contributed by atoms with Crippen molar-refractivity contribution in [2.24, 2.45) is 5.92 Å². The Morgan fingerprint density at radius 1 is 1.55 bits per heavy atom. The van der Waals surface area contributed by atoms with Crippen molar-refractivity contribution in [1.82, 2.24) is 0 Å². The van der Waals surface area contributed by atoms with E-state index in [0.29, 0.717) is 5.76 Å². The molecule has 60 valence electrons. The van der Waals surface area contributed by atoms with E-state index in [0.717, 1.165) is 10.1 Å². The van der Waals surface area contributed by atoms with E-state index < -0.39 is 0 Å². The first kappa shape index (κ1) is 8.60. The number of halogens is 1. The van der Waals surface area contributed by atoms with Crippen LogP contribution in [0, 0.1) is 5.92 Å². The van der Waals surface area contributed by atoms with Gasteiger partial charge in [-0.3, -0.25) is 0 Å². The monoisotopic (exact) mass is 214 g/mol. The lowest BCUT2D eigenvalue weighted by Gasteiger charge is -2.03. The number of aliphatic hydroxyl groups excluding tert-OH is 1. The summed E-state index contributed by atoms with van der Waals surface area (Å²) in [7, 11) is 0. The molecule has 0 fully saturated rings. The van der Waals surface area contributed by atoms with Crippen LogP contribution in [0.1, 0.15) is 13.8 Å². The molecule has 0 heterocycles. The normalized spacial score (nSPS) is 25.0. The van der Waals surface area contributed by atoms with Crippen LogP contribution in [-0.2, 0) is 0 Å². The minimum atomic E-state index is 0.109. The molecule has 11 heavy (non-hydrogen) atoms. The molecule has 1 rings (SSSR count). The Labute approximate surface area is 75.2 Å². The summed E-state index contributed by atoms with van der Waals surface area (Å²) in [6.07, 6.45) is 5.90. The van der Waals surface area contributed by atoms with Gasteiger partial charge in [0.2, 0.25) is 0 Å². The van der Waals surface area contributed by atoms with Crippen LogP contribution in [0.4, 0.5) is 0 Å². The fraction of sp³-hybridized carbons (Fsp3) is 0.333. The summed E-state index contributed by atoms with van der Waals surface area (Å²) in [6.45, 7) is 3.96. The Balaban J connectivity index is 3.05. The van der Waals surface area contributed by atoms with Crippen LogP contribution < -0.4 is 0 Å². The van der Waals surface area contributed by atoms with E-state index in [-0.39, 0.29) is 5.92 Å². The third-order valence-electron chi connectivity index (χ3n) is 1.68. The maximum absolute atomic E-state index is 9.48. The molecule has 0 aromatic carbocycles. The molecule has 0 radical (unpaired) electrons. The number of aliphatic hydroxyl groups is 1. The van der Waals surface area contributed by atoms with Gasteiger partial charge < -0.3 is 5.11 Å². The van der Waals surface area contributed by atoms with Gasteiger partial charge >= 0.3 is 0 Å². The zero-order valence-electron chi connectivity index (χ0n) is 6.63. The van der Waals surface area contributed by atoms with Crippen LogP contribution in [0.15, 0.2) is 34.0 Å². The molecule has 0 aromatic rings. The molecular weight excluding hydrogens is 204 g/mol. The third-order valence-corrected chi connectivity index (χ3v) is 2.31. The molecule has 2 heteroatoms. The first-order valence-corrected chi connectivity index (χ1v) is 4.35. The highest BCUT2D eigenvalue weighted by Crippen LogP contribution is 2.24. The number of allylic oxidation sites excluding steroid dienone is 5. The minimum absolute atomic E-state index is 0.109. The summed E-state index contributed by atoms with van der Waals surface area (Å²) >= 11 is 3.30. The molecule has 1 N–H and O–H groups in total. The highest BCUT2D eigenvalue weighted by Gasteiger charge is 2.09. The maximum Gasteiger partial charge on any atom is 0.113 e. The van der Waals surface area contributed by atoms with Crippen molar-refractivity contribution >= 4 is 15.9 Å². The van der Waals surface area contributed by atoms with Gasteiger partial charge in [-0.15, -0.1) is 0 Å². The standard InChI is InChI=1S/C9H11BrO/c1-6-3-4-7(2)9(11)8(10)5-6/h3-5,7,11H,1-2H3. The van der Waals surface area contributed by atoms with Crippen molar-refractivity contribution in [2.75, 3.05) is 0 Å². The smallest absolute Gasteiger partial charge is 0.113 e. The summed E-state index contributed by atoms with van der Waals surface area (Å²) in [5.41, 5.74) is 1.15. The van der Waals surface area contributed by atoms with Crippen molar-refractivity contribution in [2.45, 2.75) is 13.8 Å². The third kappa shape index (κ3) is 1.96. The van der Waals surface area contributed by atoms with Gasteiger partial charge in [0, 0.05) is 5.92 Å². The molecule has 0 saturated heterocycles. The zero-order chi connectivity index (χ0) is 8.43. The Morgan fingerprint density at radius 3 is 2.82 bits per heavy atom. The van der Waals surface area contributed by atoms with Gasteiger partial charge in [-0.05, 0) is 28.9 Å². The fourth-order valence-corrected chi connectivity index (χ4v) is 1.65. The van der Waals surface area contributed by atoms with Gasteiger partial charge in [0.15, 0.2) is 0 Å². The Hall–Kier alpha value is -0.500. The van der Waals surface area contributed by atoms with Crippen LogP contribution in [-0.4, -0.2) is 5.11 Å². The number of hydrogen-bond acceptors (Lipinski definition) is 1. The van der Waals surface area contributed by atoms with Crippen LogP contribution in [0.2, 0.25) is 0 Å². The lowest BCUT2D eigenvalue weighted by atomic mass is 10.1. The largest absolute Gasteiger partial charge is 0.511 e. The molecule has 0 bridgehead atoms. The van der Waals surface area contributed by atoms with Crippen LogP contribution >= 0.6 is 15.9 Å². The summed E-state index contributed by atoms with van der Waals surface area (Å²) < 4.78 is 0.785. The molecule has 0 saturated carbocycles. The van der Waals surface area contributed by atoms with E-state index in [1.54, 1.807) is 0 Å². The SMILES string of the molecule is CC1=CC(Br)=C(O)C(C)C=C1. The predicted molar refractivity (Wildman–Crippen MR) is 50.6 cm³/mol. The van der Waals surface area contributed by atoms with Crippen LogP contribution in [0.25, 0.3) is 0 Å². The summed E-state index contributed by atoms with van der Waals surface area (Å²) in [5, 5.41) is 9.48. The zero-order valence-corrected chi connectivity index (χ0v) is 8.22. The molecule has 1 aliphatic rings. The average Bonchev–Trinajstić information content (AvgIpc) is 2.05. The average molecular weight is 215 g/mol. The molecule has 1 aliphatic carbocycles. The second-order valence-corrected chi connectivity index (χ2v) is 3.62. The first-order valence-electron chi connectivity index (χ1n) is 3.56. The lowest BCUT2D eigenvalue weighted by Crippen LogP contribution is -1.94. The van der Waals surface area contributed by atoms with E-state index in [2.05, 4.69) is 15.9 Å². The first-order chi connectivity index (χ1) is 5.11. The topological polar surface area (TPSA) is 20.2 Å². The fourth-order valence-electron chi connectivity index (χ4n) is 0.927. The highest BCUT2D eigenvalue weighted by molar-refractivity contribution is 9.11. The van der Waals surface area contributed by atoms with E-state index in [9.17, 15) is 5.11 Å². The number of rotatable bonds is 0. The molecule has 0 amide bonds. The summed E-state index contributed by atoms with van der Waals surface area (Å²) in [5.74, 6) is 0.510. The Morgan fingerprint density at radius 2 is 2.18 bits per heavy atom. The molecular formula is C9H11BrO. The summed E-state index contributed by atoms with van der Waals surface area (Å²) in [6, 6.07) is 0. The second kappa shape index (κ2) is 3.26. The van der Waals surface area contributed by atoms with Crippen molar-refractivity contribution in [3.05, 3.63) is 34.0 Å². The number of hydrogen-bond donors (Lipinski definition) is 1. The van der Waals surface area contributed by atoms with Gasteiger partial charge in [-0.1, -0.05) is 24.6 Å². The molecule has 0 aromatic heterocycles. The molecule has 0 aliphatic heterocycles. The van der Waals surface area contributed by atoms with Crippen LogP contribution in [0.3, 0.4) is 0 Å². The quantitative estimate of drug-likeness (QED) is 0.657. The molecule has 1 nitrogen and oxygen atoms in total. The van der Waals surface area contributed by atoms with Crippen molar-refractivity contribution in [3.63, 3.8) is 0 Å². The van der Waals surface area contributed by atoms with E-state index in [1.165, 1.54) is 0 Å². The molecule has 0 spiro atoms. The van der Waals surface area contributed by atoms with Crippen molar-refractivity contribution in [3.8, 4) is 0 Å². The van der Waals surface area contributed by atoms with Crippen molar-refractivity contribution < 1.29 is 5.11 Å².